The summed E-state index contributed by atoms with van der Waals surface area (Å²) in [5.74, 6) is 0. The van der Waals surface area contributed by atoms with Crippen LogP contribution in [0.3, 0.4) is 0 Å². The maximum Gasteiger partial charge on any atom is 0.0677 e. The molecule has 0 bridgehead atoms. The summed E-state index contributed by atoms with van der Waals surface area (Å²) in [7, 11) is 2.19. The van der Waals surface area contributed by atoms with E-state index in [4.69, 9.17) is 4.74 Å². The molecule has 14 heavy (non-hydrogen) atoms. The van der Waals surface area contributed by atoms with Gasteiger partial charge in [-0.15, -0.1) is 0 Å². The maximum atomic E-state index is 5.72. The first-order valence-corrected chi connectivity index (χ1v) is 5.64. The largest absolute Gasteiger partial charge is 0.375 e. The molecule has 1 atom stereocenters. The molecule has 0 saturated carbocycles. The molecule has 0 spiro atoms. The molecule has 0 aromatic carbocycles. The van der Waals surface area contributed by atoms with Crippen molar-refractivity contribution in [3.63, 3.8) is 0 Å². The standard InChI is InChI=1S/C11H24N2O/c1-10(2)14-11(3)9-13-7-5-12(4)6-8-13/h10-11H,5-9H2,1-4H3. The average Bonchev–Trinajstić information content (AvgIpc) is 2.07. The Morgan fingerprint density at radius 1 is 1.07 bits per heavy atom. The summed E-state index contributed by atoms with van der Waals surface area (Å²) in [5.41, 5.74) is 0. The molecule has 1 heterocycles. The number of likely N-dealkylation sites (N-methyl/N-ethyl adjacent to an activating group) is 1. The first-order chi connectivity index (χ1) is 6.58. The number of nitrogens with zero attached hydrogens (tertiary/aromatic N) is 2. The maximum absolute atomic E-state index is 5.72. The van der Waals surface area contributed by atoms with Crippen LogP contribution >= 0.6 is 0 Å². The molecule has 0 aromatic heterocycles. The highest BCUT2D eigenvalue weighted by molar-refractivity contribution is 4.71. The van der Waals surface area contributed by atoms with Crippen LogP contribution in [-0.4, -0.2) is 61.8 Å². The van der Waals surface area contributed by atoms with Crippen LogP contribution in [0.2, 0.25) is 0 Å². The lowest BCUT2D eigenvalue weighted by atomic mass is 10.3. The Bertz CT molecular complexity index is 153. The van der Waals surface area contributed by atoms with Crippen LogP contribution in [0.1, 0.15) is 20.8 Å². The van der Waals surface area contributed by atoms with Crippen LogP contribution in [0, 0.1) is 0 Å². The van der Waals surface area contributed by atoms with Gasteiger partial charge in [0.25, 0.3) is 0 Å². The van der Waals surface area contributed by atoms with E-state index in [2.05, 4.69) is 37.6 Å². The number of piperazine rings is 1. The second-order valence-electron chi connectivity index (χ2n) is 4.60. The Morgan fingerprint density at radius 2 is 1.64 bits per heavy atom. The van der Waals surface area contributed by atoms with E-state index < -0.39 is 0 Å². The minimum absolute atomic E-state index is 0.345. The van der Waals surface area contributed by atoms with Gasteiger partial charge in [-0.2, -0.15) is 0 Å². The van der Waals surface area contributed by atoms with Gasteiger partial charge in [0, 0.05) is 32.7 Å². The summed E-state index contributed by atoms with van der Waals surface area (Å²) in [6.45, 7) is 12.2. The molecular weight excluding hydrogens is 176 g/mol. The third kappa shape index (κ3) is 4.40. The zero-order valence-corrected chi connectivity index (χ0v) is 9.99. The van der Waals surface area contributed by atoms with Gasteiger partial charge in [-0.3, -0.25) is 4.90 Å². The lowest BCUT2D eigenvalue weighted by Crippen LogP contribution is -2.47. The van der Waals surface area contributed by atoms with Crippen LogP contribution < -0.4 is 0 Å². The molecule has 0 aliphatic carbocycles. The SMILES string of the molecule is CC(C)OC(C)CN1CCN(C)CC1. The molecule has 0 N–H and O–H groups in total. The van der Waals surface area contributed by atoms with E-state index in [9.17, 15) is 0 Å². The predicted molar refractivity (Wildman–Crippen MR) is 59.6 cm³/mol. The average molecular weight is 200 g/mol. The van der Waals surface area contributed by atoms with Crippen molar-refractivity contribution in [1.82, 2.24) is 9.80 Å². The molecule has 3 heteroatoms. The Balaban J connectivity index is 2.17. The van der Waals surface area contributed by atoms with Crippen molar-refractivity contribution < 1.29 is 4.74 Å². The van der Waals surface area contributed by atoms with E-state index >= 15 is 0 Å². The highest BCUT2D eigenvalue weighted by Gasteiger charge is 2.16. The van der Waals surface area contributed by atoms with Crippen molar-refractivity contribution >= 4 is 0 Å². The van der Waals surface area contributed by atoms with Crippen molar-refractivity contribution in [2.24, 2.45) is 0 Å². The summed E-state index contributed by atoms with van der Waals surface area (Å²) in [5, 5.41) is 0. The minimum atomic E-state index is 0.345. The minimum Gasteiger partial charge on any atom is -0.375 e. The first kappa shape index (κ1) is 12.0. The molecule has 0 radical (unpaired) electrons. The van der Waals surface area contributed by atoms with Gasteiger partial charge in [0.05, 0.1) is 12.2 Å². The lowest BCUT2D eigenvalue weighted by Gasteiger charge is -2.34. The molecule has 1 unspecified atom stereocenters. The molecule has 0 aromatic rings. The number of ether oxygens (including phenoxy) is 1. The van der Waals surface area contributed by atoms with Crippen LogP contribution in [0.5, 0.6) is 0 Å². The Morgan fingerprint density at radius 3 is 2.14 bits per heavy atom. The summed E-state index contributed by atoms with van der Waals surface area (Å²) in [6, 6.07) is 0. The zero-order chi connectivity index (χ0) is 10.6. The highest BCUT2D eigenvalue weighted by Crippen LogP contribution is 2.04. The molecule has 3 nitrogen and oxygen atoms in total. The fraction of sp³-hybridized carbons (Fsp3) is 1.00. The molecule has 1 aliphatic heterocycles. The van der Waals surface area contributed by atoms with E-state index in [0.717, 1.165) is 6.54 Å². The van der Waals surface area contributed by atoms with Gasteiger partial charge in [-0.25, -0.2) is 0 Å². The third-order valence-electron chi connectivity index (χ3n) is 2.62. The van der Waals surface area contributed by atoms with Crippen molar-refractivity contribution in [2.75, 3.05) is 39.8 Å². The quantitative estimate of drug-likeness (QED) is 0.674. The van der Waals surface area contributed by atoms with Crippen LogP contribution in [0.4, 0.5) is 0 Å². The first-order valence-electron chi connectivity index (χ1n) is 5.64. The van der Waals surface area contributed by atoms with E-state index in [1.54, 1.807) is 0 Å². The molecular formula is C11H24N2O. The summed E-state index contributed by atoms with van der Waals surface area (Å²) >= 11 is 0. The molecule has 0 amide bonds. The van der Waals surface area contributed by atoms with E-state index in [-0.39, 0.29) is 0 Å². The number of rotatable bonds is 4. The van der Waals surface area contributed by atoms with Gasteiger partial charge in [0.1, 0.15) is 0 Å². The predicted octanol–water partition coefficient (Wildman–Crippen LogP) is 1.05. The van der Waals surface area contributed by atoms with Crippen molar-refractivity contribution in [2.45, 2.75) is 33.0 Å². The Labute approximate surface area is 88.0 Å². The Hall–Kier alpha value is -0.120. The molecule has 1 aliphatic rings. The zero-order valence-electron chi connectivity index (χ0n) is 9.99. The monoisotopic (exact) mass is 200 g/mol. The Kier molecular flexibility index (Phi) is 4.85. The van der Waals surface area contributed by atoms with E-state index in [1.807, 2.05) is 0 Å². The summed E-state index contributed by atoms with van der Waals surface area (Å²) in [6.07, 6.45) is 0.705. The van der Waals surface area contributed by atoms with E-state index in [0.29, 0.717) is 12.2 Å². The van der Waals surface area contributed by atoms with Gasteiger partial charge in [-0.05, 0) is 27.8 Å². The smallest absolute Gasteiger partial charge is 0.0677 e. The fourth-order valence-electron chi connectivity index (χ4n) is 1.90. The van der Waals surface area contributed by atoms with Crippen molar-refractivity contribution in [3.8, 4) is 0 Å². The van der Waals surface area contributed by atoms with Gasteiger partial charge in [-0.1, -0.05) is 0 Å². The molecule has 1 fully saturated rings. The summed E-state index contributed by atoms with van der Waals surface area (Å²) < 4.78 is 5.72. The van der Waals surface area contributed by atoms with Crippen LogP contribution in [0.15, 0.2) is 0 Å². The second-order valence-corrected chi connectivity index (χ2v) is 4.60. The van der Waals surface area contributed by atoms with Crippen LogP contribution in [0.25, 0.3) is 0 Å². The van der Waals surface area contributed by atoms with Gasteiger partial charge in [0.2, 0.25) is 0 Å². The summed E-state index contributed by atoms with van der Waals surface area (Å²) in [4.78, 5) is 4.87. The lowest BCUT2D eigenvalue weighted by molar-refractivity contribution is -0.00803. The van der Waals surface area contributed by atoms with Crippen molar-refractivity contribution in [1.29, 1.82) is 0 Å². The second kappa shape index (κ2) is 5.69. The highest BCUT2D eigenvalue weighted by atomic mass is 16.5. The number of hydrogen-bond acceptors (Lipinski definition) is 3. The van der Waals surface area contributed by atoms with Gasteiger partial charge in [0.15, 0.2) is 0 Å². The molecule has 84 valence electrons. The molecule has 1 saturated heterocycles. The number of hydrogen-bond donors (Lipinski definition) is 0. The third-order valence-corrected chi connectivity index (χ3v) is 2.62. The van der Waals surface area contributed by atoms with Crippen molar-refractivity contribution in [3.05, 3.63) is 0 Å². The normalized spacial score (nSPS) is 22.9. The topological polar surface area (TPSA) is 15.7 Å². The van der Waals surface area contributed by atoms with Crippen LogP contribution in [-0.2, 0) is 4.74 Å². The molecule has 1 rings (SSSR count). The fourth-order valence-corrected chi connectivity index (χ4v) is 1.90. The van der Waals surface area contributed by atoms with Gasteiger partial charge >= 0.3 is 0 Å². The van der Waals surface area contributed by atoms with Gasteiger partial charge < -0.3 is 9.64 Å². The van der Waals surface area contributed by atoms with E-state index in [1.165, 1.54) is 26.2 Å².